The van der Waals surface area contributed by atoms with Gasteiger partial charge in [0, 0.05) is 32.0 Å². The molecule has 1 unspecified atom stereocenters. The van der Waals surface area contributed by atoms with Gasteiger partial charge < -0.3 is 14.8 Å². The van der Waals surface area contributed by atoms with Crippen LogP contribution in [0.5, 0.6) is 0 Å². The molecule has 17 heavy (non-hydrogen) atoms. The molecule has 1 saturated carbocycles. The van der Waals surface area contributed by atoms with Crippen LogP contribution in [-0.2, 0) is 7.05 Å². The van der Waals surface area contributed by atoms with E-state index in [-0.39, 0.29) is 0 Å². The van der Waals surface area contributed by atoms with Crippen molar-refractivity contribution in [2.24, 2.45) is 13.0 Å². The van der Waals surface area contributed by atoms with Crippen LogP contribution < -0.4 is 10.2 Å². The minimum absolute atomic E-state index is 0.748. The van der Waals surface area contributed by atoms with E-state index in [4.69, 9.17) is 0 Å². The monoisotopic (exact) mass is 234 g/mol. The summed E-state index contributed by atoms with van der Waals surface area (Å²) in [6.07, 6.45) is 9.32. The van der Waals surface area contributed by atoms with E-state index in [9.17, 15) is 0 Å². The molecule has 1 aromatic rings. The van der Waals surface area contributed by atoms with Gasteiger partial charge in [-0.25, -0.2) is 4.98 Å². The van der Waals surface area contributed by atoms with Gasteiger partial charge in [-0.05, 0) is 44.7 Å². The fourth-order valence-electron chi connectivity index (χ4n) is 2.77. The van der Waals surface area contributed by atoms with Crippen molar-refractivity contribution in [2.45, 2.75) is 31.7 Å². The highest BCUT2D eigenvalue weighted by molar-refractivity contribution is 5.35. The van der Waals surface area contributed by atoms with E-state index in [2.05, 4.69) is 26.8 Å². The van der Waals surface area contributed by atoms with Crippen LogP contribution in [0.25, 0.3) is 0 Å². The highest BCUT2D eigenvalue weighted by atomic mass is 15.3. The molecule has 0 aromatic carbocycles. The maximum absolute atomic E-state index is 4.51. The Morgan fingerprint density at radius 2 is 2.35 bits per heavy atom. The maximum atomic E-state index is 4.51. The zero-order valence-electron chi connectivity index (χ0n) is 10.6. The van der Waals surface area contributed by atoms with Gasteiger partial charge in [-0.1, -0.05) is 0 Å². The molecule has 0 amide bonds. The normalized spacial score (nSPS) is 24.9. The van der Waals surface area contributed by atoms with Crippen molar-refractivity contribution in [1.29, 1.82) is 0 Å². The predicted octanol–water partition coefficient (Wildman–Crippen LogP) is 1.39. The Kier molecular flexibility index (Phi) is 3.05. The molecule has 3 rings (SSSR count). The van der Waals surface area contributed by atoms with Gasteiger partial charge in [0.05, 0.1) is 0 Å². The van der Waals surface area contributed by atoms with E-state index in [1.165, 1.54) is 45.3 Å². The number of nitrogens with one attached hydrogen (secondary N) is 1. The fraction of sp³-hybridized carbons (Fsp3) is 0.769. The first-order chi connectivity index (χ1) is 8.34. The van der Waals surface area contributed by atoms with Crippen molar-refractivity contribution in [3.05, 3.63) is 12.4 Å². The van der Waals surface area contributed by atoms with Gasteiger partial charge in [0.15, 0.2) is 0 Å². The molecule has 2 fully saturated rings. The highest BCUT2D eigenvalue weighted by Gasteiger charge is 2.32. The van der Waals surface area contributed by atoms with E-state index >= 15 is 0 Å². The molecule has 1 saturated heterocycles. The predicted molar refractivity (Wildman–Crippen MR) is 69.2 cm³/mol. The van der Waals surface area contributed by atoms with Crippen LogP contribution in [0.1, 0.15) is 25.7 Å². The summed E-state index contributed by atoms with van der Waals surface area (Å²) in [6, 6.07) is 0.748. The number of piperidine rings is 1. The lowest BCUT2D eigenvalue weighted by Gasteiger charge is -2.31. The number of hydrogen-bond donors (Lipinski definition) is 1. The van der Waals surface area contributed by atoms with Gasteiger partial charge in [0.2, 0.25) is 5.95 Å². The van der Waals surface area contributed by atoms with Crippen LogP contribution in [0.15, 0.2) is 12.4 Å². The third-order valence-corrected chi connectivity index (χ3v) is 3.89. The first-order valence-corrected chi connectivity index (χ1v) is 6.79. The summed E-state index contributed by atoms with van der Waals surface area (Å²) in [5.41, 5.74) is 0. The number of aromatic nitrogens is 2. The molecule has 4 nitrogen and oxygen atoms in total. The van der Waals surface area contributed by atoms with Crippen molar-refractivity contribution in [2.75, 3.05) is 24.5 Å². The van der Waals surface area contributed by atoms with E-state index in [1.54, 1.807) is 0 Å². The highest BCUT2D eigenvalue weighted by Crippen LogP contribution is 2.31. The molecule has 94 valence electrons. The van der Waals surface area contributed by atoms with Crippen molar-refractivity contribution >= 4 is 5.95 Å². The third-order valence-electron chi connectivity index (χ3n) is 3.89. The minimum atomic E-state index is 0.748. The molecular formula is C13H22N4. The number of nitrogens with zero attached hydrogens (tertiary/aromatic N) is 3. The molecule has 2 heterocycles. The standard InChI is InChI=1S/C13H22N4/c1-16-8-7-15-13(16)17(12-4-5-12)10-11-3-2-6-14-9-11/h7-8,11-12,14H,2-6,9-10H2,1H3. The fourth-order valence-corrected chi connectivity index (χ4v) is 2.77. The number of aryl methyl sites for hydroxylation is 1. The smallest absolute Gasteiger partial charge is 0.205 e. The molecular weight excluding hydrogens is 212 g/mol. The molecule has 4 heteroatoms. The van der Waals surface area contributed by atoms with Gasteiger partial charge >= 0.3 is 0 Å². The number of rotatable bonds is 4. The molecule has 0 spiro atoms. The Morgan fingerprint density at radius 1 is 1.47 bits per heavy atom. The van der Waals surface area contributed by atoms with Crippen molar-refractivity contribution in [1.82, 2.24) is 14.9 Å². The second-order valence-corrected chi connectivity index (χ2v) is 5.43. The molecule has 1 aliphatic heterocycles. The second kappa shape index (κ2) is 4.69. The van der Waals surface area contributed by atoms with E-state index < -0.39 is 0 Å². The van der Waals surface area contributed by atoms with Crippen LogP contribution in [0.4, 0.5) is 5.95 Å². The maximum Gasteiger partial charge on any atom is 0.205 e. The lowest BCUT2D eigenvalue weighted by atomic mass is 9.99. The minimum Gasteiger partial charge on any atom is -0.339 e. The zero-order chi connectivity index (χ0) is 11.7. The Bertz CT molecular complexity index is 363. The van der Waals surface area contributed by atoms with Gasteiger partial charge in [-0.15, -0.1) is 0 Å². The molecule has 1 N–H and O–H groups in total. The summed E-state index contributed by atoms with van der Waals surface area (Å²) in [7, 11) is 2.09. The Labute approximate surface area is 103 Å². The van der Waals surface area contributed by atoms with E-state index in [0.29, 0.717) is 0 Å². The SMILES string of the molecule is Cn1ccnc1N(CC1CCCNC1)C1CC1. The topological polar surface area (TPSA) is 33.1 Å². The third kappa shape index (κ3) is 2.46. The summed E-state index contributed by atoms with van der Waals surface area (Å²) in [6.45, 7) is 3.54. The summed E-state index contributed by atoms with van der Waals surface area (Å²) in [4.78, 5) is 7.04. The van der Waals surface area contributed by atoms with Crippen molar-refractivity contribution in [3.63, 3.8) is 0 Å². The molecule has 0 bridgehead atoms. The summed E-state index contributed by atoms with van der Waals surface area (Å²) in [5, 5.41) is 3.51. The first-order valence-electron chi connectivity index (χ1n) is 6.79. The molecule has 1 atom stereocenters. The lowest BCUT2D eigenvalue weighted by Crippen LogP contribution is -2.40. The Morgan fingerprint density at radius 3 is 2.94 bits per heavy atom. The molecule has 0 radical (unpaired) electrons. The van der Waals surface area contributed by atoms with Crippen LogP contribution in [0.3, 0.4) is 0 Å². The molecule has 1 aromatic heterocycles. The quantitative estimate of drug-likeness (QED) is 0.854. The van der Waals surface area contributed by atoms with Gasteiger partial charge in [-0.3, -0.25) is 0 Å². The first kappa shape index (κ1) is 11.1. The van der Waals surface area contributed by atoms with E-state index in [1.807, 2.05) is 12.4 Å². The summed E-state index contributed by atoms with van der Waals surface area (Å²) < 4.78 is 2.15. The van der Waals surface area contributed by atoms with Gasteiger partial charge in [0.1, 0.15) is 0 Å². The molecule has 2 aliphatic rings. The van der Waals surface area contributed by atoms with Crippen LogP contribution >= 0.6 is 0 Å². The van der Waals surface area contributed by atoms with Crippen LogP contribution in [0.2, 0.25) is 0 Å². The second-order valence-electron chi connectivity index (χ2n) is 5.43. The summed E-state index contributed by atoms with van der Waals surface area (Å²) >= 11 is 0. The zero-order valence-corrected chi connectivity index (χ0v) is 10.6. The number of anilines is 1. The number of hydrogen-bond acceptors (Lipinski definition) is 3. The largest absolute Gasteiger partial charge is 0.339 e. The van der Waals surface area contributed by atoms with Gasteiger partial charge in [-0.2, -0.15) is 0 Å². The Balaban J connectivity index is 1.69. The van der Waals surface area contributed by atoms with Crippen LogP contribution in [-0.4, -0.2) is 35.2 Å². The lowest BCUT2D eigenvalue weighted by molar-refractivity contribution is 0.374. The van der Waals surface area contributed by atoms with E-state index in [0.717, 1.165) is 17.9 Å². The summed E-state index contributed by atoms with van der Waals surface area (Å²) in [5.74, 6) is 1.94. The van der Waals surface area contributed by atoms with Crippen molar-refractivity contribution in [3.8, 4) is 0 Å². The Hall–Kier alpha value is -1.03. The van der Waals surface area contributed by atoms with Crippen molar-refractivity contribution < 1.29 is 0 Å². The average molecular weight is 234 g/mol. The molecule has 1 aliphatic carbocycles. The van der Waals surface area contributed by atoms with Crippen LogP contribution in [0, 0.1) is 5.92 Å². The van der Waals surface area contributed by atoms with Gasteiger partial charge in [0.25, 0.3) is 0 Å². The average Bonchev–Trinajstić information content (AvgIpc) is 3.11. The number of imidazole rings is 1.